The summed E-state index contributed by atoms with van der Waals surface area (Å²) >= 11 is 0. The van der Waals surface area contributed by atoms with Gasteiger partial charge < -0.3 is 20.2 Å². The highest BCUT2D eigenvalue weighted by Gasteiger charge is 2.27. The maximum absolute atomic E-state index is 12.3. The third kappa shape index (κ3) is 3.26. The van der Waals surface area contributed by atoms with Gasteiger partial charge in [0.15, 0.2) is 0 Å². The van der Waals surface area contributed by atoms with Crippen molar-refractivity contribution in [1.82, 2.24) is 5.32 Å². The zero-order valence-electron chi connectivity index (χ0n) is 14.6. The number of hydrogen-bond acceptors (Lipinski definition) is 4. The third-order valence-electron chi connectivity index (χ3n) is 5.12. The Labute approximate surface area is 142 Å². The standard InChI is InChI=1S/C19H26N2O3/c1-11-15-10-14(23-3)7-8-17(15)24-19(11)12(2)21-18(22)9-13-5-4-6-16(13)20/h7-8,10,12-13,16H,4-6,9,20H2,1-3H3,(H,21,22)/t12?,13-,16+/m0/s1. The molecule has 3 N–H and O–H groups in total. The van der Waals surface area contributed by atoms with Crippen molar-refractivity contribution in [3.8, 4) is 5.75 Å². The number of fused-ring (bicyclic) bond motifs is 1. The van der Waals surface area contributed by atoms with Crippen LogP contribution in [0.25, 0.3) is 11.0 Å². The number of methoxy groups -OCH3 is 1. The second kappa shape index (κ2) is 6.85. The Kier molecular flexibility index (Phi) is 4.81. The molecule has 24 heavy (non-hydrogen) atoms. The number of amides is 1. The Morgan fingerprint density at radius 1 is 1.46 bits per heavy atom. The van der Waals surface area contributed by atoms with Crippen molar-refractivity contribution in [2.75, 3.05) is 7.11 Å². The predicted octanol–water partition coefficient (Wildman–Crippen LogP) is 3.44. The fourth-order valence-electron chi connectivity index (χ4n) is 3.68. The summed E-state index contributed by atoms with van der Waals surface area (Å²) in [5.41, 5.74) is 7.91. The minimum absolute atomic E-state index is 0.0438. The van der Waals surface area contributed by atoms with Crippen LogP contribution in [0.1, 0.15) is 50.0 Å². The van der Waals surface area contributed by atoms with E-state index in [0.717, 1.165) is 47.3 Å². The number of nitrogens with one attached hydrogen (secondary N) is 1. The van der Waals surface area contributed by atoms with E-state index in [1.54, 1.807) is 7.11 Å². The summed E-state index contributed by atoms with van der Waals surface area (Å²) in [5, 5.41) is 4.07. The number of carbonyl (C=O) groups excluding carboxylic acids is 1. The highest BCUT2D eigenvalue weighted by molar-refractivity contribution is 5.84. The Hall–Kier alpha value is -2.01. The summed E-state index contributed by atoms with van der Waals surface area (Å²) in [7, 11) is 1.65. The third-order valence-corrected chi connectivity index (χ3v) is 5.12. The van der Waals surface area contributed by atoms with Gasteiger partial charge in [0.25, 0.3) is 0 Å². The van der Waals surface area contributed by atoms with Gasteiger partial charge in [-0.2, -0.15) is 0 Å². The largest absolute Gasteiger partial charge is 0.497 e. The summed E-state index contributed by atoms with van der Waals surface area (Å²) in [6.07, 6.45) is 3.70. The average Bonchev–Trinajstić information content (AvgIpc) is 3.11. The molecule has 2 aromatic rings. The van der Waals surface area contributed by atoms with Gasteiger partial charge in [-0.25, -0.2) is 0 Å². The molecule has 0 aliphatic heterocycles. The SMILES string of the molecule is COc1ccc2oc(C(C)NC(=O)C[C@@H]3CCC[C@H]3N)c(C)c2c1. The van der Waals surface area contributed by atoms with Crippen LogP contribution < -0.4 is 15.8 Å². The summed E-state index contributed by atoms with van der Waals surface area (Å²) in [4.78, 5) is 12.3. The van der Waals surface area contributed by atoms with E-state index in [1.165, 1.54) is 0 Å². The maximum Gasteiger partial charge on any atom is 0.220 e. The van der Waals surface area contributed by atoms with Gasteiger partial charge in [-0.05, 0) is 50.8 Å². The van der Waals surface area contributed by atoms with E-state index in [0.29, 0.717) is 12.3 Å². The number of hydrogen-bond donors (Lipinski definition) is 2. The number of ether oxygens (including phenoxy) is 1. The molecule has 1 heterocycles. The lowest BCUT2D eigenvalue weighted by Gasteiger charge is -2.17. The van der Waals surface area contributed by atoms with E-state index < -0.39 is 0 Å². The van der Waals surface area contributed by atoms with Crippen molar-refractivity contribution in [3.05, 3.63) is 29.5 Å². The molecule has 5 heteroatoms. The molecule has 1 unspecified atom stereocenters. The lowest BCUT2D eigenvalue weighted by atomic mass is 9.99. The van der Waals surface area contributed by atoms with E-state index >= 15 is 0 Å². The molecule has 3 atom stereocenters. The molecule has 1 aromatic carbocycles. The molecule has 0 saturated heterocycles. The van der Waals surface area contributed by atoms with Gasteiger partial charge >= 0.3 is 0 Å². The highest BCUT2D eigenvalue weighted by atomic mass is 16.5. The molecule has 130 valence electrons. The fourth-order valence-corrected chi connectivity index (χ4v) is 3.68. The average molecular weight is 330 g/mol. The van der Waals surface area contributed by atoms with E-state index in [2.05, 4.69) is 5.32 Å². The Morgan fingerprint density at radius 2 is 2.25 bits per heavy atom. The van der Waals surface area contributed by atoms with Crippen LogP contribution in [0.15, 0.2) is 22.6 Å². The minimum atomic E-state index is -0.173. The first-order valence-electron chi connectivity index (χ1n) is 8.61. The van der Waals surface area contributed by atoms with Crippen molar-refractivity contribution in [1.29, 1.82) is 0 Å². The van der Waals surface area contributed by atoms with Crippen LogP contribution in [0.5, 0.6) is 5.75 Å². The Balaban J connectivity index is 1.72. The highest BCUT2D eigenvalue weighted by Crippen LogP contribution is 2.32. The van der Waals surface area contributed by atoms with Crippen LogP contribution in [0.2, 0.25) is 0 Å². The molecular weight excluding hydrogens is 304 g/mol. The molecule has 1 aliphatic carbocycles. The quantitative estimate of drug-likeness (QED) is 0.880. The number of furan rings is 1. The summed E-state index contributed by atoms with van der Waals surface area (Å²) in [6, 6.07) is 5.72. The fraction of sp³-hybridized carbons (Fsp3) is 0.526. The number of nitrogens with two attached hydrogens (primary N) is 1. The molecule has 1 aliphatic rings. The van der Waals surface area contributed by atoms with E-state index in [-0.39, 0.29) is 18.0 Å². The van der Waals surface area contributed by atoms with Gasteiger partial charge in [0.05, 0.1) is 13.2 Å². The van der Waals surface area contributed by atoms with Crippen LogP contribution in [-0.4, -0.2) is 19.1 Å². The number of carbonyl (C=O) groups is 1. The van der Waals surface area contributed by atoms with Crippen LogP contribution in [0.3, 0.4) is 0 Å². The predicted molar refractivity (Wildman–Crippen MR) is 94.0 cm³/mol. The summed E-state index contributed by atoms with van der Waals surface area (Å²) < 4.78 is 11.2. The molecule has 5 nitrogen and oxygen atoms in total. The van der Waals surface area contributed by atoms with Crippen molar-refractivity contribution in [3.63, 3.8) is 0 Å². The molecule has 1 amide bonds. The lowest BCUT2D eigenvalue weighted by molar-refractivity contribution is -0.122. The first kappa shape index (κ1) is 16.8. The van der Waals surface area contributed by atoms with E-state index in [4.69, 9.17) is 14.9 Å². The van der Waals surface area contributed by atoms with E-state index in [9.17, 15) is 4.79 Å². The molecule has 1 saturated carbocycles. The van der Waals surface area contributed by atoms with Crippen LogP contribution in [0, 0.1) is 12.8 Å². The molecule has 1 fully saturated rings. The maximum atomic E-state index is 12.3. The summed E-state index contributed by atoms with van der Waals surface area (Å²) in [5.74, 6) is 1.94. The van der Waals surface area contributed by atoms with Gasteiger partial charge in [0, 0.05) is 23.4 Å². The van der Waals surface area contributed by atoms with Crippen molar-refractivity contribution in [2.24, 2.45) is 11.7 Å². The number of benzene rings is 1. The van der Waals surface area contributed by atoms with Crippen molar-refractivity contribution >= 4 is 16.9 Å². The van der Waals surface area contributed by atoms with Gasteiger partial charge in [0.1, 0.15) is 17.1 Å². The molecule has 0 radical (unpaired) electrons. The zero-order chi connectivity index (χ0) is 17.3. The van der Waals surface area contributed by atoms with Gasteiger partial charge in [-0.3, -0.25) is 4.79 Å². The first-order chi connectivity index (χ1) is 11.5. The molecular formula is C19H26N2O3. The van der Waals surface area contributed by atoms with E-state index in [1.807, 2.05) is 32.0 Å². The smallest absolute Gasteiger partial charge is 0.220 e. The van der Waals surface area contributed by atoms with Gasteiger partial charge in [-0.15, -0.1) is 0 Å². The Morgan fingerprint density at radius 3 is 2.92 bits per heavy atom. The van der Waals surface area contributed by atoms with Crippen LogP contribution in [-0.2, 0) is 4.79 Å². The molecule has 0 bridgehead atoms. The second-order valence-electron chi connectivity index (χ2n) is 6.80. The minimum Gasteiger partial charge on any atom is -0.497 e. The van der Waals surface area contributed by atoms with Gasteiger partial charge in [0.2, 0.25) is 5.91 Å². The first-order valence-corrected chi connectivity index (χ1v) is 8.61. The lowest BCUT2D eigenvalue weighted by Crippen LogP contribution is -2.32. The molecule has 0 spiro atoms. The monoisotopic (exact) mass is 330 g/mol. The summed E-state index contributed by atoms with van der Waals surface area (Å²) in [6.45, 7) is 3.96. The van der Waals surface area contributed by atoms with Crippen molar-refractivity contribution < 1.29 is 13.9 Å². The Bertz CT molecular complexity index is 738. The number of aryl methyl sites for hydroxylation is 1. The van der Waals surface area contributed by atoms with Crippen molar-refractivity contribution in [2.45, 2.75) is 51.6 Å². The van der Waals surface area contributed by atoms with Crippen LogP contribution >= 0.6 is 0 Å². The number of rotatable bonds is 5. The normalized spacial score (nSPS) is 21.8. The van der Waals surface area contributed by atoms with Crippen LogP contribution in [0.4, 0.5) is 0 Å². The zero-order valence-corrected chi connectivity index (χ0v) is 14.6. The second-order valence-corrected chi connectivity index (χ2v) is 6.80. The van der Waals surface area contributed by atoms with Gasteiger partial charge in [-0.1, -0.05) is 6.42 Å². The molecule has 1 aromatic heterocycles. The topological polar surface area (TPSA) is 77.5 Å². The molecule has 3 rings (SSSR count).